The summed E-state index contributed by atoms with van der Waals surface area (Å²) in [6.07, 6.45) is 3.18. The van der Waals surface area contributed by atoms with Crippen LogP contribution in [0.4, 0.5) is 0 Å². The van der Waals surface area contributed by atoms with Crippen molar-refractivity contribution < 1.29 is 22.7 Å². The third-order valence-corrected chi connectivity index (χ3v) is 5.65. The molecule has 114 valence electrons. The minimum Gasteiger partial charge on any atom is -0.482 e. The van der Waals surface area contributed by atoms with Gasteiger partial charge in [0.25, 0.3) is 0 Å². The highest BCUT2D eigenvalue weighted by Gasteiger charge is 2.30. The number of fused-ring (bicyclic) bond motifs is 1. The minimum absolute atomic E-state index is 0.0718. The van der Waals surface area contributed by atoms with Gasteiger partial charge in [0.2, 0.25) is 0 Å². The van der Waals surface area contributed by atoms with E-state index >= 15 is 0 Å². The van der Waals surface area contributed by atoms with Gasteiger partial charge in [-0.25, -0.2) is 13.2 Å². The molecule has 0 radical (unpaired) electrons. The summed E-state index contributed by atoms with van der Waals surface area (Å²) in [4.78, 5) is 11.7. The van der Waals surface area contributed by atoms with Crippen molar-refractivity contribution in [3.63, 3.8) is 0 Å². The average molecular weight is 310 g/mol. The zero-order chi connectivity index (χ0) is 14.9. The number of hydrogen-bond donors (Lipinski definition) is 0. The van der Waals surface area contributed by atoms with Gasteiger partial charge < -0.3 is 9.47 Å². The highest BCUT2D eigenvalue weighted by Crippen LogP contribution is 2.26. The Morgan fingerprint density at radius 3 is 2.81 bits per heavy atom. The Hall–Kier alpha value is -1.56. The van der Waals surface area contributed by atoms with Crippen molar-refractivity contribution in [1.82, 2.24) is 0 Å². The van der Waals surface area contributed by atoms with Gasteiger partial charge in [0.05, 0.1) is 11.5 Å². The summed E-state index contributed by atoms with van der Waals surface area (Å²) in [5, 5.41) is 0. The van der Waals surface area contributed by atoms with E-state index in [0.29, 0.717) is 12.2 Å². The van der Waals surface area contributed by atoms with E-state index in [1.807, 2.05) is 18.2 Å². The first kappa shape index (κ1) is 14.4. The maximum absolute atomic E-state index is 11.7. The van der Waals surface area contributed by atoms with Gasteiger partial charge in [-0.3, -0.25) is 0 Å². The Balaban J connectivity index is 1.50. The first-order valence-corrected chi connectivity index (χ1v) is 8.98. The Morgan fingerprint density at radius 1 is 1.24 bits per heavy atom. The maximum Gasteiger partial charge on any atom is 0.344 e. The maximum atomic E-state index is 11.7. The van der Waals surface area contributed by atoms with Crippen LogP contribution in [-0.2, 0) is 32.2 Å². The largest absolute Gasteiger partial charge is 0.482 e. The van der Waals surface area contributed by atoms with E-state index in [1.54, 1.807) is 0 Å². The smallest absolute Gasteiger partial charge is 0.344 e. The van der Waals surface area contributed by atoms with Crippen molar-refractivity contribution in [3.8, 4) is 5.75 Å². The van der Waals surface area contributed by atoms with E-state index in [0.717, 1.165) is 19.3 Å². The topological polar surface area (TPSA) is 69.7 Å². The zero-order valence-corrected chi connectivity index (χ0v) is 12.5. The molecule has 1 heterocycles. The third kappa shape index (κ3) is 3.56. The fourth-order valence-corrected chi connectivity index (χ4v) is 4.44. The van der Waals surface area contributed by atoms with Crippen molar-refractivity contribution in [1.29, 1.82) is 0 Å². The predicted octanol–water partition coefficient (Wildman–Crippen LogP) is 1.28. The highest BCUT2D eigenvalue weighted by molar-refractivity contribution is 7.91. The van der Waals surface area contributed by atoms with Crippen molar-refractivity contribution in [2.24, 2.45) is 0 Å². The molecule has 0 amide bonds. The number of hydrogen-bond acceptors (Lipinski definition) is 5. The Morgan fingerprint density at radius 2 is 2.05 bits per heavy atom. The standard InChI is InChI=1S/C15H18O5S/c16-15(20-14-6-7-21(17,18)10-14)9-19-13-5-4-11-2-1-3-12(11)8-13/h4-5,8,14H,1-3,6-7,9-10H2/t14-/m1/s1. The van der Waals surface area contributed by atoms with E-state index in [9.17, 15) is 13.2 Å². The molecule has 5 nitrogen and oxygen atoms in total. The third-order valence-electron chi connectivity index (χ3n) is 3.92. The first-order valence-electron chi connectivity index (χ1n) is 7.16. The van der Waals surface area contributed by atoms with E-state index in [4.69, 9.17) is 9.47 Å². The summed E-state index contributed by atoms with van der Waals surface area (Å²) >= 11 is 0. The first-order chi connectivity index (χ1) is 10.0. The molecule has 1 atom stereocenters. The van der Waals surface area contributed by atoms with Crippen LogP contribution in [0.2, 0.25) is 0 Å². The molecule has 1 aliphatic carbocycles. The molecular formula is C15H18O5S. The van der Waals surface area contributed by atoms with Crippen LogP contribution in [0.5, 0.6) is 5.75 Å². The van der Waals surface area contributed by atoms with Gasteiger partial charge in [-0.1, -0.05) is 6.07 Å². The lowest BCUT2D eigenvalue weighted by molar-refractivity contribution is -0.150. The number of rotatable bonds is 4. The van der Waals surface area contributed by atoms with Crippen LogP contribution >= 0.6 is 0 Å². The highest BCUT2D eigenvalue weighted by atomic mass is 32.2. The summed E-state index contributed by atoms with van der Waals surface area (Å²) in [7, 11) is -3.03. The molecule has 0 unspecified atom stereocenters. The lowest BCUT2D eigenvalue weighted by atomic mass is 10.1. The molecule has 0 aromatic heterocycles. The van der Waals surface area contributed by atoms with Gasteiger partial charge in [-0.05, 0) is 48.9 Å². The predicted molar refractivity (Wildman–Crippen MR) is 77.1 cm³/mol. The van der Waals surface area contributed by atoms with Crippen LogP contribution in [-0.4, -0.2) is 38.6 Å². The quantitative estimate of drug-likeness (QED) is 0.784. The van der Waals surface area contributed by atoms with Gasteiger partial charge >= 0.3 is 5.97 Å². The molecule has 2 aliphatic rings. The lowest BCUT2D eigenvalue weighted by Gasteiger charge is -2.11. The summed E-state index contributed by atoms with van der Waals surface area (Å²) < 4.78 is 33.1. The number of carbonyl (C=O) groups excluding carboxylic acids is 1. The van der Waals surface area contributed by atoms with Crippen LogP contribution < -0.4 is 4.74 Å². The van der Waals surface area contributed by atoms with Crippen molar-refractivity contribution in [2.75, 3.05) is 18.1 Å². The number of benzene rings is 1. The molecule has 1 aromatic rings. The van der Waals surface area contributed by atoms with Crippen LogP contribution in [0.25, 0.3) is 0 Å². The monoisotopic (exact) mass is 310 g/mol. The summed E-state index contributed by atoms with van der Waals surface area (Å²) in [6, 6.07) is 5.86. The van der Waals surface area contributed by atoms with Crippen LogP contribution in [0.3, 0.4) is 0 Å². The van der Waals surface area contributed by atoms with Gasteiger partial charge in [-0.2, -0.15) is 0 Å². The van der Waals surface area contributed by atoms with E-state index < -0.39 is 21.9 Å². The van der Waals surface area contributed by atoms with Gasteiger partial charge in [0.15, 0.2) is 16.4 Å². The van der Waals surface area contributed by atoms with E-state index in [1.165, 1.54) is 11.1 Å². The number of carbonyl (C=O) groups is 1. The fourth-order valence-electron chi connectivity index (χ4n) is 2.85. The van der Waals surface area contributed by atoms with Crippen molar-refractivity contribution in [3.05, 3.63) is 29.3 Å². The number of sulfone groups is 1. The molecule has 1 aliphatic heterocycles. The molecule has 21 heavy (non-hydrogen) atoms. The molecule has 0 saturated carbocycles. The molecule has 0 N–H and O–H groups in total. The van der Waals surface area contributed by atoms with Crippen LogP contribution in [0, 0.1) is 0 Å². The number of ether oxygens (including phenoxy) is 2. The van der Waals surface area contributed by atoms with E-state index in [2.05, 4.69) is 0 Å². The number of aryl methyl sites for hydroxylation is 2. The second kappa shape index (κ2) is 5.67. The Kier molecular flexibility index (Phi) is 3.89. The zero-order valence-electron chi connectivity index (χ0n) is 11.7. The summed E-state index contributed by atoms with van der Waals surface area (Å²) in [5.74, 6) is 0.165. The number of esters is 1. The van der Waals surface area contributed by atoms with E-state index in [-0.39, 0.29) is 18.1 Å². The second-order valence-electron chi connectivity index (χ2n) is 5.59. The fraction of sp³-hybridized carbons (Fsp3) is 0.533. The Bertz CT molecular complexity index is 650. The average Bonchev–Trinajstić information content (AvgIpc) is 3.02. The normalized spacial score (nSPS) is 22.8. The molecule has 3 rings (SSSR count). The molecule has 1 fully saturated rings. The Labute approximate surface area is 124 Å². The van der Waals surface area contributed by atoms with Gasteiger partial charge in [-0.15, -0.1) is 0 Å². The van der Waals surface area contributed by atoms with Gasteiger partial charge in [0, 0.05) is 0 Å². The summed E-state index contributed by atoms with van der Waals surface area (Å²) in [6.45, 7) is -0.185. The molecule has 1 aromatic carbocycles. The lowest BCUT2D eigenvalue weighted by Crippen LogP contribution is -2.23. The van der Waals surface area contributed by atoms with Crippen LogP contribution in [0.15, 0.2) is 18.2 Å². The van der Waals surface area contributed by atoms with Crippen molar-refractivity contribution in [2.45, 2.75) is 31.8 Å². The molecule has 0 spiro atoms. The second-order valence-corrected chi connectivity index (χ2v) is 7.82. The SMILES string of the molecule is O=C(COc1ccc2c(c1)CCC2)O[C@@H]1CCS(=O)(=O)C1. The van der Waals surface area contributed by atoms with Gasteiger partial charge in [0.1, 0.15) is 11.9 Å². The minimum atomic E-state index is -3.03. The van der Waals surface area contributed by atoms with Crippen molar-refractivity contribution >= 4 is 15.8 Å². The molecule has 1 saturated heterocycles. The molecule has 6 heteroatoms. The molecular weight excluding hydrogens is 292 g/mol. The molecule has 0 bridgehead atoms. The van der Waals surface area contributed by atoms with Crippen LogP contribution in [0.1, 0.15) is 24.0 Å². The summed E-state index contributed by atoms with van der Waals surface area (Å²) in [5.41, 5.74) is 2.63.